The SMILES string of the molecule is c1ccc(-c2nc3cc(-c4cc5cccnc5c5ncccc45)ccc3c3c2ccc2sc4ccccc4c23)cc1. The van der Waals surface area contributed by atoms with Crippen molar-refractivity contribution in [2.45, 2.75) is 0 Å². The smallest absolute Gasteiger partial charge is 0.0970 e. The molecule has 0 amide bonds. The molecule has 0 spiro atoms. The van der Waals surface area contributed by atoms with Gasteiger partial charge in [0.2, 0.25) is 0 Å². The van der Waals surface area contributed by atoms with Crippen LogP contribution in [0, 0.1) is 0 Å². The molecule has 0 aliphatic heterocycles. The Balaban J connectivity index is 1.42. The second-order valence-electron chi connectivity index (χ2n) is 10.4. The highest BCUT2D eigenvalue weighted by Crippen LogP contribution is 2.44. The number of pyridine rings is 3. The van der Waals surface area contributed by atoms with Crippen LogP contribution in [0.5, 0.6) is 0 Å². The minimum Gasteiger partial charge on any atom is -0.254 e. The van der Waals surface area contributed by atoms with Gasteiger partial charge in [-0.3, -0.25) is 9.97 Å². The molecule has 0 aliphatic carbocycles. The summed E-state index contributed by atoms with van der Waals surface area (Å²) in [6.07, 6.45) is 3.68. The van der Waals surface area contributed by atoms with Crippen LogP contribution in [0.2, 0.25) is 0 Å². The average Bonchev–Trinajstić information content (AvgIpc) is 3.43. The predicted octanol–water partition coefficient (Wildman–Crippen LogP) is 10.2. The Morgan fingerprint density at radius 2 is 1.27 bits per heavy atom. The van der Waals surface area contributed by atoms with Gasteiger partial charge in [-0.15, -0.1) is 11.3 Å². The van der Waals surface area contributed by atoms with Crippen molar-refractivity contribution in [3.05, 3.63) is 128 Å². The van der Waals surface area contributed by atoms with E-state index in [2.05, 4.69) is 108 Å². The summed E-state index contributed by atoms with van der Waals surface area (Å²) in [6.45, 7) is 0. The molecule has 4 heteroatoms. The Kier molecular flexibility index (Phi) is 4.77. The lowest BCUT2D eigenvalue weighted by Crippen LogP contribution is -1.92. The number of hydrogen-bond donors (Lipinski definition) is 0. The maximum atomic E-state index is 5.35. The summed E-state index contributed by atoms with van der Waals surface area (Å²) in [7, 11) is 0. The highest BCUT2D eigenvalue weighted by Gasteiger charge is 2.18. The van der Waals surface area contributed by atoms with Crippen molar-refractivity contribution in [3.8, 4) is 22.4 Å². The van der Waals surface area contributed by atoms with E-state index < -0.39 is 0 Å². The molecule has 0 atom stereocenters. The molecule has 9 rings (SSSR count). The van der Waals surface area contributed by atoms with Crippen molar-refractivity contribution in [1.29, 1.82) is 0 Å². The van der Waals surface area contributed by atoms with Crippen LogP contribution in [0.3, 0.4) is 0 Å². The normalized spacial score (nSPS) is 11.9. The molecule has 0 radical (unpaired) electrons. The largest absolute Gasteiger partial charge is 0.254 e. The first-order valence-corrected chi connectivity index (χ1v) is 14.5. The molecule has 0 saturated heterocycles. The van der Waals surface area contributed by atoms with Gasteiger partial charge in [0.25, 0.3) is 0 Å². The fraction of sp³-hybridized carbons (Fsp3) is 0. The van der Waals surface area contributed by atoms with Gasteiger partial charge in [-0.05, 0) is 47.5 Å². The van der Waals surface area contributed by atoms with Crippen LogP contribution >= 0.6 is 11.3 Å². The van der Waals surface area contributed by atoms with Crippen molar-refractivity contribution < 1.29 is 0 Å². The van der Waals surface area contributed by atoms with E-state index in [1.54, 1.807) is 0 Å². The predicted molar refractivity (Wildman–Crippen MR) is 174 cm³/mol. The van der Waals surface area contributed by atoms with Crippen LogP contribution in [0.25, 0.3) is 86.0 Å². The first-order valence-electron chi connectivity index (χ1n) is 13.7. The minimum absolute atomic E-state index is 0.920. The Morgan fingerprint density at radius 1 is 0.488 bits per heavy atom. The van der Waals surface area contributed by atoms with E-state index in [4.69, 9.17) is 9.97 Å². The van der Waals surface area contributed by atoms with Crippen molar-refractivity contribution in [2.24, 2.45) is 0 Å². The van der Waals surface area contributed by atoms with Crippen molar-refractivity contribution in [2.75, 3.05) is 0 Å². The monoisotopic (exact) mass is 539 g/mol. The zero-order valence-corrected chi connectivity index (χ0v) is 22.7. The molecule has 0 bridgehead atoms. The number of benzene rings is 5. The number of hydrogen-bond acceptors (Lipinski definition) is 4. The molecular weight excluding hydrogens is 518 g/mol. The summed E-state index contributed by atoms with van der Waals surface area (Å²) in [5, 5.41) is 8.40. The molecule has 0 N–H and O–H groups in total. The number of aromatic nitrogens is 3. The van der Waals surface area contributed by atoms with E-state index in [-0.39, 0.29) is 0 Å². The van der Waals surface area contributed by atoms with E-state index in [1.165, 1.54) is 36.3 Å². The van der Waals surface area contributed by atoms with Gasteiger partial charge in [0.15, 0.2) is 0 Å². The van der Waals surface area contributed by atoms with Crippen LogP contribution in [-0.4, -0.2) is 15.0 Å². The van der Waals surface area contributed by atoms with Gasteiger partial charge >= 0.3 is 0 Å². The average molecular weight is 540 g/mol. The van der Waals surface area contributed by atoms with Crippen molar-refractivity contribution in [3.63, 3.8) is 0 Å². The summed E-state index contributed by atoms with van der Waals surface area (Å²) in [5.74, 6) is 0. The lowest BCUT2D eigenvalue weighted by Gasteiger charge is -2.14. The molecule has 3 nitrogen and oxygen atoms in total. The van der Waals surface area contributed by atoms with Crippen LogP contribution in [0.4, 0.5) is 0 Å². The number of rotatable bonds is 2. The van der Waals surface area contributed by atoms with Gasteiger partial charge in [-0.1, -0.05) is 78.9 Å². The first kappa shape index (κ1) is 22.6. The molecule has 0 aliphatic rings. The van der Waals surface area contributed by atoms with E-state index in [0.717, 1.165) is 49.7 Å². The topological polar surface area (TPSA) is 38.7 Å². The van der Waals surface area contributed by atoms with Gasteiger partial charge in [-0.25, -0.2) is 4.98 Å². The van der Waals surface area contributed by atoms with E-state index in [9.17, 15) is 0 Å². The fourth-order valence-corrected chi connectivity index (χ4v) is 7.42. The van der Waals surface area contributed by atoms with Gasteiger partial charge in [-0.2, -0.15) is 0 Å². The highest BCUT2D eigenvalue weighted by atomic mass is 32.1. The van der Waals surface area contributed by atoms with Gasteiger partial charge < -0.3 is 0 Å². The molecule has 0 unspecified atom stereocenters. The molecular formula is C37H21N3S. The van der Waals surface area contributed by atoms with Crippen molar-refractivity contribution in [1.82, 2.24) is 15.0 Å². The van der Waals surface area contributed by atoms with E-state index >= 15 is 0 Å². The molecule has 5 aromatic carbocycles. The zero-order valence-electron chi connectivity index (χ0n) is 21.9. The molecule has 9 aromatic rings. The highest BCUT2D eigenvalue weighted by molar-refractivity contribution is 7.26. The summed E-state index contributed by atoms with van der Waals surface area (Å²) in [6, 6.07) is 41.0. The van der Waals surface area contributed by atoms with Crippen LogP contribution in [0.1, 0.15) is 0 Å². The Hall–Kier alpha value is -5.19. The minimum atomic E-state index is 0.920. The van der Waals surface area contributed by atoms with Crippen LogP contribution in [-0.2, 0) is 0 Å². The second kappa shape index (κ2) is 8.65. The van der Waals surface area contributed by atoms with Gasteiger partial charge in [0, 0.05) is 65.1 Å². The maximum Gasteiger partial charge on any atom is 0.0970 e. The third-order valence-corrected chi connectivity index (χ3v) is 9.25. The van der Waals surface area contributed by atoms with Crippen molar-refractivity contribution >= 4 is 75.0 Å². The van der Waals surface area contributed by atoms with Crippen LogP contribution in [0.15, 0.2) is 128 Å². The van der Waals surface area contributed by atoms with E-state index in [1.807, 2.05) is 35.9 Å². The lowest BCUT2D eigenvalue weighted by atomic mass is 9.93. The van der Waals surface area contributed by atoms with Gasteiger partial charge in [0.1, 0.15) is 0 Å². The Bertz CT molecular complexity index is 2480. The first-order chi connectivity index (χ1) is 20.3. The number of thiophene rings is 1. The Labute approximate surface area is 239 Å². The van der Waals surface area contributed by atoms with E-state index in [0.29, 0.717) is 0 Å². The maximum absolute atomic E-state index is 5.35. The summed E-state index contributed by atoms with van der Waals surface area (Å²) >= 11 is 1.86. The fourth-order valence-electron chi connectivity index (χ4n) is 6.31. The molecule has 0 fully saturated rings. The molecule has 190 valence electrons. The third kappa shape index (κ3) is 3.35. The summed E-state index contributed by atoms with van der Waals surface area (Å²) < 4.78 is 2.61. The third-order valence-electron chi connectivity index (χ3n) is 8.12. The van der Waals surface area contributed by atoms with Crippen LogP contribution < -0.4 is 0 Å². The number of fused-ring (bicyclic) bond motifs is 10. The molecule has 4 heterocycles. The number of nitrogens with zero attached hydrogens (tertiary/aromatic N) is 3. The summed E-state index contributed by atoms with van der Waals surface area (Å²) in [5.41, 5.74) is 7.22. The molecule has 41 heavy (non-hydrogen) atoms. The molecule has 0 saturated carbocycles. The van der Waals surface area contributed by atoms with Gasteiger partial charge in [0.05, 0.1) is 22.2 Å². The molecule has 4 aromatic heterocycles. The standard InChI is InChI=1S/C37H21N3S/c1-2-8-22(9-3-1)35-28-16-17-32-34(27-11-4-5-13-31(27)41-32)33(28)26-15-14-23(21-30(26)40-35)29-20-24-10-6-18-38-36(24)37-25(29)12-7-19-39-37/h1-21H. The quantitative estimate of drug-likeness (QED) is 0.205. The zero-order chi connectivity index (χ0) is 26.9. The lowest BCUT2D eigenvalue weighted by molar-refractivity contribution is 1.37. The summed E-state index contributed by atoms with van der Waals surface area (Å²) in [4.78, 5) is 14.7. The Morgan fingerprint density at radius 3 is 2.20 bits per heavy atom. The second-order valence-corrected chi connectivity index (χ2v) is 11.5.